The summed E-state index contributed by atoms with van der Waals surface area (Å²) >= 11 is 1.60. The summed E-state index contributed by atoms with van der Waals surface area (Å²) in [5.74, 6) is 2.23. The first-order valence-corrected chi connectivity index (χ1v) is 12.5. The number of hydrogen-bond acceptors (Lipinski definition) is 7. The molecule has 0 bridgehead atoms. The molecule has 0 saturated heterocycles. The first-order valence-electron chi connectivity index (χ1n) is 11.7. The number of anilines is 1. The van der Waals surface area contributed by atoms with E-state index in [4.69, 9.17) is 14.0 Å². The van der Waals surface area contributed by atoms with Crippen molar-refractivity contribution < 1.29 is 18.8 Å². The Kier molecular flexibility index (Phi) is 6.55. The lowest BCUT2D eigenvalue weighted by Crippen LogP contribution is -2.12. The minimum atomic E-state index is -0.184. The summed E-state index contributed by atoms with van der Waals surface area (Å²) in [5.41, 5.74) is 3.43. The van der Waals surface area contributed by atoms with Crippen LogP contribution in [0, 0.1) is 0 Å². The largest absolute Gasteiger partial charge is 0.497 e. The molecule has 5 rings (SSSR count). The molecule has 180 valence electrons. The maximum Gasteiger partial charge on any atom is 0.261 e. The van der Waals surface area contributed by atoms with E-state index in [2.05, 4.69) is 15.5 Å². The van der Waals surface area contributed by atoms with Crippen molar-refractivity contribution in [2.75, 3.05) is 12.4 Å². The lowest BCUT2D eigenvalue weighted by molar-refractivity contribution is 0.102. The van der Waals surface area contributed by atoms with Crippen LogP contribution >= 0.6 is 11.3 Å². The van der Waals surface area contributed by atoms with Crippen LogP contribution in [0.25, 0.3) is 22.8 Å². The van der Waals surface area contributed by atoms with Crippen LogP contribution in [0.2, 0.25) is 0 Å². The number of hydrogen-bond donors (Lipinski definition) is 1. The first kappa shape index (κ1) is 23.1. The third-order valence-corrected chi connectivity index (χ3v) is 7.08. The van der Waals surface area contributed by atoms with Gasteiger partial charge in [-0.05, 0) is 93.6 Å². The zero-order chi connectivity index (χ0) is 24.4. The smallest absolute Gasteiger partial charge is 0.261 e. The Morgan fingerprint density at radius 3 is 2.46 bits per heavy atom. The molecule has 2 heterocycles. The molecule has 1 aliphatic rings. The predicted molar refractivity (Wildman–Crippen MR) is 136 cm³/mol. The fourth-order valence-corrected chi connectivity index (χ4v) is 5.47. The van der Waals surface area contributed by atoms with Gasteiger partial charge in [0, 0.05) is 16.0 Å². The molecule has 2 aromatic heterocycles. The fraction of sp³-hybridized carbons (Fsp3) is 0.296. The van der Waals surface area contributed by atoms with Gasteiger partial charge in [0.05, 0.1) is 18.8 Å². The van der Waals surface area contributed by atoms with E-state index < -0.39 is 0 Å². The summed E-state index contributed by atoms with van der Waals surface area (Å²) in [6, 6.07) is 14.7. The molecule has 0 radical (unpaired) electrons. The van der Waals surface area contributed by atoms with E-state index in [-0.39, 0.29) is 12.0 Å². The lowest BCUT2D eigenvalue weighted by Gasteiger charge is -2.11. The van der Waals surface area contributed by atoms with E-state index >= 15 is 0 Å². The second kappa shape index (κ2) is 9.92. The summed E-state index contributed by atoms with van der Waals surface area (Å²) < 4.78 is 16.6. The number of nitrogens with one attached hydrogen (secondary N) is 1. The highest BCUT2D eigenvalue weighted by Gasteiger charge is 2.27. The van der Waals surface area contributed by atoms with Gasteiger partial charge in [0.2, 0.25) is 5.82 Å². The Hall–Kier alpha value is -3.65. The normalized spacial score (nSPS) is 12.9. The highest BCUT2D eigenvalue weighted by Crippen LogP contribution is 2.44. The molecule has 2 aromatic carbocycles. The molecule has 8 heteroatoms. The minimum absolute atomic E-state index is 0.0758. The van der Waals surface area contributed by atoms with Crippen LogP contribution in [0.5, 0.6) is 11.5 Å². The number of methoxy groups -OCH3 is 1. The van der Waals surface area contributed by atoms with Gasteiger partial charge in [-0.1, -0.05) is 5.16 Å². The number of nitrogens with zero attached hydrogens (tertiary/aromatic N) is 2. The quantitative estimate of drug-likeness (QED) is 0.324. The number of ether oxygens (including phenoxy) is 2. The molecule has 7 nitrogen and oxygen atoms in total. The van der Waals surface area contributed by atoms with Crippen LogP contribution in [0.15, 0.2) is 53.1 Å². The van der Waals surface area contributed by atoms with Crippen molar-refractivity contribution in [2.24, 2.45) is 0 Å². The molecule has 1 aliphatic carbocycles. The van der Waals surface area contributed by atoms with E-state index in [0.717, 1.165) is 53.3 Å². The molecular formula is C27H27N3O4S. The fourth-order valence-electron chi connectivity index (χ4n) is 4.19. The van der Waals surface area contributed by atoms with Crippen molar-refractivity contribution in [3.05, 3.63) is 64.5 Å². The summed E-state index contributed by atoms with van der Waals surface area (Å²) in [6.45, 7) is 3.94. The maximum absolute atomic E-state index is 13.1. The molecule has 0 saturated carbocycles. The molecule has 0 fully saturated rings. The van der Waals surface area contributed by atoms with Gasteiger partial charge in [0.25, 0.3) is 11.8 Å². The molecule has 0 atom stereocenters. The van der Waals surface area contributed by atoms with Gasteiger partial charge < -0.3 is 19.3 Å². The van der Waals surface area contributed by atoms with Crippen LogP contribution in [-0.2, 0) is 12.8 Å². The molecule has 0 aliphatic heterocycles. The number of benzene rings is 2. The van der Waals surface area contributed by atoms with Gasteiger partial charge in [-0.2, -0.15) is 4.98 Å². The van der Waals surface area contributed by atoms with Crippen LogP contribution in [0.3, 0.4) is 0 Å². The molecule has 1 N–H and O–H groups in total. The summed E-state index contributed by atoms with van der Waals surface area (Å²) in [6.07, 6.45) is 4.23. The SMILES string of the molecule is COc1ccc(-c2noc(-c3c(NC(=O)c4ccc(OC(C)C)cc4)sc4c3CCCC4)n2)cc1. The number of fused-ring (bicyclic) bond motifs is 1. The number of thiophene rings is 1. The topological polar surface area (TPSA) is 86.5 Å². The second-order valence-corrected chi connectivity index (χ2v) is 9.82. The number of rotatable bonds is 7. The third-order valence-electron chi connectivity index (χ3n) is 5.87. The Morgan fingerprint density at radius 2 is 1.74 bits per heavy atom. The van der Waals surface area contributed by atoms with Crippen molar-refractivity contribution in [3.8, 4) is 34.3 Å². The average molecular weight is 490 g/mol. The van der Waals surface area contributed by atoms with Crippen molar-refractivity contribution in [1.82, 2.24) is 10.1 Å². The van der Waals surface area contributed by atoms with Crippen molar-refractivity contribution >= 4 is 22.2 Å². The van der Waals surface area contributed by atoms with Gasteiger partial charge in [-0.25, -0.2) is 0 Å². The number of amides is 1. The number of aromatic nitrogens is 2. The number of aryl methyl sites for hydroxylation is 1. The monoisotopic (exact) mass is 489 g/mol. The molecule has 4 aromatic rings. The van der Waals surface area contributed by atoms with Gasteiger partial charge in [0.15, 0.2) is 0 Å². The Bertz CT molecular complexity index is 1320. The first-order chi connectivity index (χ1) is 17.0. The van der Waals surface area contributed by atoms with Crippen molar-refractivity contribution in [1.29, 1.82) is 0 Å². The van der Waals surface area contributed by atoms with E-state index in [1.165, 1.54) is 10.4 Å². The maximum atomic E-state index is 13.1. The standard InChI is InChI=1S/C27H27N3O4S/c1-16(2)33-20-14-10-18(11-15-20)25(31)29-27-23(21-6-4-5-7-22(21)35-27)26-28-24(30-34-26)17-8-12-19(32-3)13-9-17/h8-16H,4-7H2,1-3H3,(H,29,31). The Labute approximate surface area is 208 Å². The number of carbonyl (C=O) groups is 1. The summed E-state index contributed by atoms with van der Waals surface area (Å²) in [4.78, 5) is 19.1. The molecule has 35 heavy (non-hydrogen) atoms. The zero-order valence-electron chi connectivity index (χ0n) is 20.0. The summed E-state index contributed by atoms with van der Waals surface area (Å²) in [7, 11) is 1.63. The highest BCUT2D eigenvalue weighted by molar-refractivity contribution is 7.17. The van der Waals surface area contributed by atoms with E-state index in [1.54, 1.807) is 30.6 Å². The van der Waals surface area contributed by atoms with Gasteiger partial charge in [-0.3, -0.25) is 4.79 Å². The zero-order valence-corrected chi connectivity index (χ0v) is 20.8. The number of carbonyl (C=O) groups excluding carboxylic acids is 1. The van der Waals surface area contributed by atoms with Crippen LogP contribution in [-0.4, -0.2) is 29.3 Å². The Balaban J connectivity index is 1.44. The van der Waals surface area contributed by atoms with Crippen molar-refractivity contribution in [3.63, 3.8) is 0 Å². The molecule has 1 amide bonds. The third kappa shape index (κ3) is 4.93. The Morgan fingerprint density at radius 1 is 1.03 bits per heavy atom. The predicted octanol–water partition coefficient (Wildman–Crippen LogP) is 6.39. The second-order valence-electron chi connectivity index (χ2n) is 8.71. The minimum Gasteiger partial charge on any atom is -0.497 e. The van der Waals surface area contributed by atoms with Gasteiger partial charge in [0.1, 0.15) is 16.5 Å². The van der Waals surface area contributed by atoms with Crippen LogP contribution in [0.4, 0.5) is 5.00 Å². The average Bonchev–Trinajstić information content (AvgIpc) is 3.48. The highest BCUT2D eigenvalue weighted by atomic mass is 32.1. The van der Waals surface area contributed by atoms with Crippen LogP contribution in [0.1, 0.15) is 47.5 Å². The van der Waals surface area contributed by atoms with Crippen LogP contribution < -0.4 is 14.8 Å². The van der Waals surface area contributed by atoms with Gasteiger partial charge >= 0.3 is 0 Å². The van der Waals surface area contributed by atoms with E-state index in [1.807, 2.05) is 50.2 Å². The summed E-state index contributed by atoms with van der Waals surface area (Å²) in [5, 5.41) is 8.06. The van der Waals surface area contributed by atoms with E-state index in [9.17, 15) is 4.79 Å². The van der Waals surface area contributed by atoms with Gasteiger partial charge in [-0.15, -0.1) is 11.3 Å². The molecule has 0 spiro atoms. The molecular weight excluding hydrogens is 462 g/mol. The lowest BCUT2D eigenvalue weighted by atomic mass is 9.95. The van der Waals surface area contributed by atoms with Crippen molar-refractivity contribution in [2.45, 2.75) is 45.6 Å². The molecule has 0 unspecified atom stereocenters. The van der Waals surface area contributed by atoms with E-state index in [0.29, 0.717) is 17.3 Å².